The zero-order valence-corrected chi connectivity index (χ0v) is 18.6. The Morgan fingerprint density at radius 3 is 2.09 bits per heavy atom. The standard InChI is InChI=1S/C24H25F6N3O/c1-31-10-5-8-22(9-11-31)21(34)32(16-33(22)20-6-3-2-4-7-20)15-17-12-18(23(25,26)27)14-19(13-17)24(28,29)30/h2-4,6-7,12-14H,5,8-11,15-16H2,1H3. The average Bonchev–Trinajstić information content (AvgIpc) is 2.90. The molecule has 4 nitrogen and oxygen atoms in total. The summed E-state index contributed by atoms with van der Waals surface area (Å²) in [7, 11) is 1.96. The number of carbonyl (C=O) groups excluding carboxylic acids is 1. The van der Waals surface area contributed by atoms with Gasteiger partial charge < -0.3 is 14.7 Å². The Balaban J connectivity index is 1.71. The molecule has 2 saturated heterocycles. The molecule has 1 spiro atoms. The molecule has 1 unspecified atom stereocenters. The fraction of sp³-hybridized carbons (Fsp3) is 0.458. The monoisotopic (exact) mass is 485 g/mol. The van der Waals surface area contributed by atoms with Crippen molar-refractivity contribution in [2.45, 2.75) is 43.7 Å². The van der Waals surface area contributed by atoms with Crippen molar-refractivity contribution >= 4 is 11.6 Å². The number of hydrogen-bond acceptors (Lipinski definition) is 3. The van der Waals surface area contributed by atoms with E-state index in [-0.39, 0.29) is 30.8 Å². The molecule has 34 heavy (non-hydrogen) atoms. The number of alkyl halides is 6. The van der Waals surface area contributed by atoms with Crippen LogP contribution in [0.25, 0.3) is 0 Å². The van der Waals surface area contributed by atoms with Gasteiger partial charge in [0.15, 0.2) is 0 Å². The third-order valence-corrected chi connectivity index (χ3v) is 6.64. The molecule has 2 aliphatic heterocycles. The molecule has 0 aromatic heterocycles. The third kappa shape index (κ3) is 4.73. The van der Waals surface area contributed by atoms with Gasteiger partial charge in [0.2, 0.25) is 5.91 Å². The van der Waals surface area contributed by atoms with E-state index < -0.39 is 29.0 Å². The highest BCUT2D eigenvalue weighted by Crippen LogP contribution is 2.41. The number of halogens is 6. The van der Waals surface area contributed by atoms with Gasteiger partial charge in [-0.05, 0) is 68.8 Å². The van der Waals surface area contributed by atoms with Crippen molar-refractivity contribution in [3.8, 4) is 0 Å². The molecule has 0 saturated carbocycles. The molecule has 2 aromatic carbocycles. The van der Waals surface area contributed by atoms with E-state index in [9.17, 15) is 31.1 Å². The maximum atomic E-state index is 13.7. The average molecular weight is 485 g/mol. The lowest BCUT2D eigenvalue weighted by Crippen LogP contribution is -2.50. The Hall–Kier alpha value is -2.75. The van der Waals surface area contributed by atoms with Gasteiger partial charge in [0.25, 0.3) is 0 Å². The van der Waals surface area contributed by atoms with Gasteiger partial charge in [-0.1, -0.05) is 18.2 Å². The summed E-state index contributed by atoms with van der Waals surface area (Å²) in [6.45, 7) is 1.21. The number of hydrogen-bond donors (Lipinski definition) is 0. The summed E-state index contributed by atoms with van der Waals surface area (Å²) >= 11 is 0. The molecular weight excluding hydrogens is 460 g/mol. The number of amides is 1. The lowest BCUT2D eigenvalue weighted by Gasteiger charge is -2.36. The summed E-state index contributed by atoms with van der Waals surface area (Å²) in [6.07, 6.45) is -8.05. The topological polar surface area (TPSA) is 26.8 Å². The summed E-state index contributed by atoms with van der Waals surface area (Å²) in [5.41, 5.74) is -3.06. The second kappa shape index (κ2) is 8.79. The number of carbonyl (C=O) groups is 1. The molecule has 0 N–H and O–H groups in total. The van der Waals surface area contributed by atoms with Crippen LogP contribution in [0.2, 0.25) is 0 Å². The van der Waals surface area contributed by atoms with E-state index in [1.54, 1.807) is 0 Å². The first-order chi connectivity index (χ1) is 15.9. The largest absolute Gasteiger partial charge is 0.416 e. The van der Waals surface area contributed by atoms with E-state index in [0.717, 1.165) is 18.7 Å². The van der Waals surface area contributed by atoms with Crippen LogP contribution in [0.3, 0.4) is 0 Å². The van der Waals surface area contributed by atoms with Gasteiger partial charge in [0.05, 0.1) is 17.8 Å². The Bertz CT molecular complexity index is 1010. The minimum absolute atomic E-state index is 0.0875. The number of anilines is 1. The molecule has 4 rings (SSSR count). The van der Waals surface area contributed by atoms with Gasteiger partial charge in [-0.3, -0.25) is 4.79 Å². The van der Waals surface area contributed by atoms with Crippen LogP contribution in [-0.2, 0) is 23.7 Å². The van der Waals surface area contributed by atoms with Gasteiger partial charge >= 0.3 is 12.4 Å². The number of rotatable bonds is 3. The Kier molecular flexibility index (Phi) is 6.30. The van der Waals surface area contributed by atoms with Crippen molar-refractivity contribution in [1.82, 2.24) is 9.80 Å². The van der Waals surface area contributed by atoms with Crippen molar-refractivity contribution in [2.75, 3.05) is 31.7 Å². The number of nitrogens with zero attached hydrogens (tertiary/aromatic N) is 3. The van der Waals surface area contributed by atoms with Crippen molar-refractivity contribution in [2.24, 2.45) is 0 Å². The lowest BCUT2D eigenvalue weighted by molar-refractivity contribution is -0.143. The van der Waals surface area contributed by atoms with E-state index in [2.05, 4.69) is 4.90 Å². The Morgan fingerprint density at radius 1 is 0.882 bits per heavy atom. The number of benzene rings is 2. The maximum absolute atomic E-state index is 13.7. The second-order valence-corrected chi connectivity index (χ2v) is 9.01. The summed E-state index contributed by atoms with van der Waals surface area (Å²) in [4.78, 5) is 19.2. The van der Waals surface area contributed by atoms with Gasteiger partial charge in [0.1, 0.15) is 5.54 Å². The molecule has 2 heterocycles. The van der Waals surface area contributed by atoms with E-state index in [1.807, 2.05) is 42.3 Å². The second-order valence-electron chi connectivity index (χ2n) is 9.01. The van der Waals surface area contributed by atoms with E-state index in [4.69, 9.17) is 0 Å². The van der Waals surface area contributed by atoms with Crippen LogP contribution in [0.5, 0.6) is 0 Å². The molecule has 1 atom stereocenters. The number of likely N-dealkylation sites (tertiary alicyclic amines) is 1. The highest BCUT2D eigenvalue weighted by Gasteiger charge is 2.52. The molecule has 1 amide bonds. The Labute approximate surface area is 193 Å². The van der Waals surface area contributed by atoms with Gasteiger partial charge in [-0.2, -0.15) is 26.3 Å². The van der Waals surface area contributed by atoms with Crippen molar-refractivity contribution in [1.29, 1.82) is 0 Å². The highest BCUT2D eigenvalue weighted by molar-refractivity contribution is 5.93. The van der Waals surface area contributed by atoms with Crippen molar-refractivity contribution in [3.05, 3.63) is 65.2 Å². The minimum Gasteiger partial charge on any atom is -0.339 e. The van der Waals surface area contributed by atoms with Crippen LogP contribution in [0.4, 0.5) is 32.0 Å². The summed E-state index contributed by atoms with van der Waals surface area (Å²) in [5.74, 6) is -0.266. The minimum atomic E-state index is -4.94. The van der Waals surface area contributed by atoms with Gasteiger partial charge in [-0.25, -0.2) is 0 Å². The zero-order valence-electron chi connectivity index (χ0n) is 18.6. The molecule has 0 bridgehead atoms. The summed E-state index contributed by atoms with van der Waals surface area (Å²) in [5, 5.41) is 0. The molecule has 184 valence electrons. The zero-order chi connectivity index (χ0) is 24.7. The third-order valence-electron chi connectivity index (χ3n) is 6.64. The molecule has 2 aliphatic rings. The van der Waals surface area contributed by atoms with Crippen molar-refractivity contribution in [3.63, 3.8) is 0 Å². The van der Waals surface area contributed by atoms with Crippen molar-refractivity contribution < 1.29 is 31.1 Å². The van der Waals surface area contributed by atoms with Crippen LogP contribution in [0.15, 0.2) is 48.5 Å². The predicted octanol–water partition coefficient (Wildman–Crippen LogP) is 5.39. The van der Waals surface area contributed by atoms with Gasteiger partial charge in [0, 0.05) is 18.8 Å². The van der Waals surface area contributed by atoms with E-state index in [1.165, 1.54) is 4.90 Å². The van der Waals surface area contributed by atoms with Crippen LogP contribution in [-0.4, -0.2) is 48.1 Å². The molecule has 10 heteroatoms. The van der Waals surface area contributed by atoms with Crippen LogP contribution >= 0.6 is 0 Å². The first-order valence-electron chi connectivity index (χ1n) is 11.0. The fourth-order valence-corrected chi connectivity index (χ4v) is 4.91. The first kappa shape index (κ1) is 24.4. The lowest BCUT2D eigenvalue weighted by atomic mass is 9.88. The molecule has 2 aromatic rings. The quantitative estimate of drug-likeness (QED) is 0.546. The Morgan fingerprint density at radius 2 is 1.50 bits per heavy atom. The molecule has 0 aliphatic carbocycles. The fourth-order valence-electron chi connectivity index (χ4n) is 4.91. The van der Waals surface area contributed by atoms with E-state index in [0.29, 0.717) is 31.5 Å². The van der Waals surface area contributed by atoms with Crippen LogP contribution < -0.4 is 4.90 Å². The summed E-state index contributed by atoms with van der Waals surface area (Å²) < 4.78 is 79.9. The van der Waals surface area contributed by atoms with Gasteiger partial charge in [-0.15, -0.1) is 0 Å². The maximum Gasteiger partial charge on any atom is 0.416 e. The summed E-state index contributed by atoms with van der Waals surface area (Å²) in [6, 6.07) is 10.7. The van der Waals surface area contributed by atoms with Crippen LogP contribution in [0, 0.1) is 0 Å². The predicted molar refractivity (Wildman–Crippen MR) is 115 cm³/mol. The van der Waals surface area contributed by atoms with E-state index >= 15 is 0 Å². The number of para-hydroxylation sites is 1. The SMILES string of the molecule is CN1CCCC2(CC1)C(=O)N(Cc1cc(C(F)(F)F)cc(C(F)(F)F)c1)CN2c1ccccc1. The molecular formula is C24H25F6N3O. The smallest absolute Gasteiger partial charge is 0.339 e. The normalized spacial score (nSPS) is 22.5. The molecule has 2 fully saturated rings. The first-order valence-corrected chi connectivity index (χ1v) is 11.0. The van der Waals surface area contributed by atoms with Crippen LogP contribution in [0.1, 0.15) is 36.0 Å². The molecule has 0 radical (unpaired) electrons. The highest BCUT2D eigenvalue weighted by atomic mass is 19.4.